The molecule has 1 aromatic carbocycles. The predicted octanol–water partition coefficient (Wildman–Crippen LogP) is 2.83. The van der Waals surface area contributed by atoms with Crippen molar-refractivity contribution in [2.45, 2.75) is 37.6 Å². The second-order valence-electron chi connectivity index (χ2n) is 6.65. The molecule has 20 heavy (non-hydrogen) atoms. The van der Waals surface area contributed by atoms with Crippen LogP contribution in [0.15, 0.2) is 12.1 Å². The van der Waals surface area contributed by atoms with Gasteiger partial charge in [0.05, 0.1) is 0 Å². The van der Waals surface area contributed by atoms with Crippen molar-refractivity contribution >= 4 is 5.69 Å². The van der Waals surface area contributed by atoms with Crippen LogP contribution in [0, 0.1) is 0 Å². The summed E-state index contributed by atoms with van der Waals surface area (Å²) < 4.78 is 11.0. The van der Waals surface area contributed by atoms with Crippen LogP contribution in [-0.4, -0.2) is 37.9 Å². The van der Waals surface area contributed by atoms with Crippen LogP contribution in [0.2, 0.25) is 0 Å². The van der Waals surface area contributed by atoms with Crippen molar-refractivity contribution in [2.75, 3.05) is 32.2 Å². The normalized spacial score (nSPS) is 31.4. The predicted molar refractivity (Wildman–Crippen MR) is 80.8 cm³/mol. The summed E-state index contributed by atoms with van der Waals surface area (Å²) in [6.45, 7) is 4.97. The van der Waals surface area contributed by atoms with E-state index >= 15 is 0 Å². The highest BCUT2D eigenvalue weighted by Crippen LogP contribution is 2.47. The molecule has 4 rings (SSSR count). The van der Waals surface area contributed by atoms with E-state index in [4.69, 9.17) is 9.47 Å². The second-order valence-corrected chi connectivity index (χ2v) is 6.65. The molecule has 4 heteroatoms. The number of nitrogens with zero attached hydrogens (tertiary/aromatic N) is 1. The Bertz CT molecular complexity index is 551. The molecule has 3 heterocycles. The molecule has 1 N–H and O–H groups in total. The van der Waals surface area contributed by atoms with Crippen molar-refractivity contribution in [3.8, 4) is 11.5 Å². The van der Waals surface area contributed by atoms with Crippen molar-refractivity contribution in [3.05, 3.63) is 17.7 Å². The molecule has 0 spiro atoms. The van der Waals surface area contributed by atoms with Crippen LogP contribution in [-0.2, 0) is 5.41 Å². The number of hydrogen-bond donors (Lipinski definition) is 1. The zero-order chi connectivity index (χ0) is 13.7. The maximum absolute atomic E-state index is 5.55. The Hall–Kier alpha value is -1.42. The van der Waals surface area contributed by atoms with Gasteiger partial charge in [0.25, 0.3) is 0 Å². The molecule has 0 radical (unpaired) electrons. The number of hydrogen-bond acceptors (Lipinski definition) is 4. The number of likely N-dealkylation sites (tertiary alicyclic amines) is 1. The van der Waals surface area contributed by atoms with Gasteiger partial charge in [0.15, 0.2) is 11.5 Å². The molecule has 0 saturated carbocycles. The van der Waals surface area contributed by atoms with E-state index in [2.05, 4.69) is 36.3 Å². The van der Waals surface area contributed by atoms with Crippen molar-refractivity contribution in [3.63, 3.8) is 0 Å². The molecule has 1 unspecified atom stereocenters. The molecular formula is C16H24N2O2. The van der Waals surface area contributed by atoms with E-state index < -0.39 is 0 Å². The largest absolute Gasteiger partial charge is 0.454 e. The first-order valence-electron chi connectivity index (χ1n) is 7.54. The summed E-state index contributed by atoms with van der Waals surface area (Å²) in [5.74, 6) is 1.77. The van der Waals surface area contributed by atoms with Gasteiger partial charge in [-0.15, -0.1) is 0 Å². The van der Waals surface area contributed by atoms with E-state index in [1.165, 1.54) is 37.1 Å². The fraction of sp³-hybridized carbons (Fsp3) is 0.625. The number of ether oxygens (including phenoxy) is 2. The van der Waals surface area contributed by atoms with Gasteiger partial charge >= 0.3 is 0 Å². The summed E-state index contributed by atoms with van der Waals surface area (Å²) in [4.78, 5) is 2.51. The smallest absolute Gasteiger partial charge is 0.231 e. The quantitative estimate of drug-likeness (QED) is 0.900. The Balaban J connectivity index is 0.00000132. The van der Waals surface area contributed by atoms with E-state index in [-0.39, 0.29) is 6.84 Å². The van der Waals surface area contributed by atoms with E-state index in [9.17, 15) is 0 Å². The third kappa shape index (κ3) is 1.78. The Morgan fingerprint density at radius 3 is 2.95 bits per heavy atom. The average Bonchev–Trinajstić information content (AvgIpc) is 3.11. The summed E-state index contributed by atoms with van der Waals surface area (Å²) in [5.41, 5.74) is 2.80. The van der Waals surface area contributed by atoms with Crippen molar-refractivity contribution < 1.29 is 10.9 Å². The van der Waals surface area contributed by atoms with Gasteiger partial charge in [-0.2, -0.15) is 0 Å². The number of nitrogens with one attached hydrogen (secondary N) is 1. The fourth-order valence-corrected chi connectivity index (χ4v) is 3.91. The maximum atomic E-state index is 5.55. The van der Waals surface area contributed by atoms with Gasteiger partial charge in [0.1, 0.15) is 0 Å². The van der Waals surface area contributed by atoms with Crippen molar-refractivity contribution in [2.24, 2.45) is 0 Å². The summed E-state index contributed by atoms with van der Waals surface area (Å²) in [6, 6.07) is 4.99. The zero-order valence-corrected chi connectivity index (χ0v) is 12.2. The lowest BCUT2D eigenvalue weighted by atomic mass is 9.78. The van der Waals surface area contributed by atoms with Gasteiger partial charge in [-0.1, -0.05) is 6.92 Å². The van der Waals surface area contributed by atoms with Gasteiger partial charge in [0.2, 0.25) is 6.79 Å². The molecular weight excluding hydrogens is 252 g/mol. The Kier molecular flexibility index (Phi) is 2.64. The monoisotopic (exact) mass is 276 g/mol. The Morgan fingerprint density at radius 2 is 2.20 bits per heavy atom. The van der Waals surface area contributed by atoms with Crippen LogP contribution in [0.25, 0.3) is 0 Å². The van der Waals surface area contributed by atoms with Crippen LogP contribution >= 0.6 is 0 Å². The van der Waals surface area contributed by atoms with E-state index in [0.717, 1.165) is 18.0 Å². The highest BCUT2D eigenvalue weighted by molar-refractivity contribution is 5.67. The molecule has 1 aromatic rings. The molecule has 0 aromatic heterocycles. The SMILES string of the molecule is CN1CCC[C@@H]1CC1(C)CNc2cc3c(cc21)OCO3.[HH]. The van der Waals surface area contributed by atoms with Gasteiger partial charge in [0, 0.05) is 31.2 Å². The summed E-state index contributed by atoms with van der Waals surface area (Å²) in [7, 11) is 2.25. The van der Waals surface area contributed by atoms with Crippen LogP contribution in [0.4, 0.5) is 5.69 Å². The number of benzene rings is 1. The molecule has 0 amide bonds. The number of rotatable bonds is 2. The number of anilines is 1. The molecule has 4 nitrogen and oxygen atoms in total. The van der Waals surface area contributed by atoms with E-state index in [0.29, 0.717) is 12.8 Å². The molecule has 1 fully saturated rings. The van der Waals surface area contributed by atoms with Crippen molar-refractivity contribution in [1.29, 1.82) is 0 Å². The maximum Gasteiger partial charge on any atom is 0.231 e. The minimum absolute atomic E-state index is 0. The first-order chi connectivity index (χ1) is 9.66. The van der Waals surface area contributed by atoms with E-state index in [1.54, 1.807) is 0 Å². The second kappa shape index (κ2) is 4.29. The van der Waals surface area contributed by atoms with Crippen LogP contribution in [0.1, 0.15) is 33.2 Å². The minimum atomic E-state index is 0. The molecule has 3 aliphatic rings. The zero-order valence-electron chi connectivity index (χ0n) is 12.2. The van der Waals surface area contributed by atoms with Crippen LogP contribution in [0.3, 0.4) is 0 Å². The van der Waals surface area contributed by atoms with Gasteiger partial charge in [-0.25, -0.2) is 0 Å². The Labute approximate surface area is 121 Å². The fourth-order valence-electron chi connectivity index (χ4n) is 3.91. The number of fused-ring (bicyclic) bond motifs is 2. The summed E-state index contributed by atoms with van der Waals surface area (Å²) >= 11 is 0. The minimum Gasteiger partial charge on any atom is -0.454 e. The van der Waals surface area contributed by atoms with Gasteiger partial charge < -0.3 is 19.7 Å². The first kappa shape index (κ1) is 12.3. The lowest BCUT2D eigenvalue weighted by molar-refractivity contribution is 0.174. The molecule has 110 valence electrons. The lowest BCUT2D eigenvalue weighted by Gasteiger charge is -2.31. The van der Waals surface area contributed by atoms with Gasteiger partial charge in [-0.3, -0.25) is 0 Å². The topological polar surface area (TPSA) is 33.7 Å². The molecule has 3 aliphatic heterocycles. The lowest BCUT2D eigenvalue weighted by Crippen LogP contribution is -2.35. The van der Waals surface area contributed by atoms with E-state index in [1.807, 2.05) is 0 Å². The highest BCUT2D eigenvalue weighted by Gasteiger charge is 2.39. The highest BCUT2D eigenvalue weighted by atomic mass is 16.7. The van der Waals surface area contributed by atoms with Crippen LogP contribution in [0.5, 0.6) is 11.5 Å². The summed E-state index contributed by atoms with van der Waals surface area (Å²) in [6.07, 6.45) is 3.87. The third-order valence-corrected chi connectivity index (χ3v) is 5.19. The molecule has 1 saturated heterocycles. The average molecular weight is 276 g/mol. The molecule has 0 aliphatic carbocycles. The van der Waals surface area contributed by atoms with Gasteiger partial charge in [-0.05, 0) is 44.5 Å². The van der Waals surface area contributed by atoms with Crippen molar-refractivity contribution in [1.82, 2.24) is 4.90 Å². The Morgan fingerprint density at radius 1 is 1.40 bits per heavy atom. The summed E-state index contributed by atoms with van der Waals surface area (Å²) in [5, 5.41) is 3.56. The third-order valence-electron chi connectivity index (χ3n) is 5.19. The molecule has 0 bridgehead atoms. The standard InChI is InChI=1S/C16H22N2O2.H2/c1-16(8-11-4-3-5-18(11)2)9-17-13-7-15-14(6-12(13)16)19-10-20-15;/h6-7,11,17H,3-5,8-10H2,1-2H3;1H/t11-,16?;/m1./s1. The molecule has 2 atom stereocenters. The first-order valence-corrected chi connectivity index (χ1v) is 7.54. The van der Waals surface area contributed by atoms with Crippen LogP contribution < -0.4 is 14.8 Å².